The smallest absolute Gasteiger partial charge is 0.274 e. The Kier molecular flexibility index (Phi) is 6.21. The van der Waals surface area contributed by atoms with Gasteiger partial charge in [0.25, 0.3) is 5.56 Å². The molecule has 6 nitrogen and oxygen atoms in total. The standard InChI is InChI=1S/C26H27N3O3/c1-4-15-32-24-14-13-18-9-5-6-10-19(18)22(24)17-28(2)25(30)16-23-20-11-7-8-12-21(20)26(31)29(3)27-23/h5-14H,4,15-17H2,1-3H3. The average molecular weight is 430 g/mol. The molecule has 6 heteroatoms. The lowest BCUT2D eigenvalue weighted by Crippen LogP contribution is -2.30. The SMILES string of the molecule is CCCOc1ccc2ccccc2c1CN(C)C(=O)Cc1nn(C)c(=O)c2ccccc12. The van der Waals surface area contributed by atoms with Gasteiger partial charge in [0.05, 0.1) is 24.1 Å². The molecule has 164 valence electrons. The first-order valence-electron chi connectivity index (χ1n) is 10.8. The van der Waals surface area contributed by atoms with E-state index in [2.05, 4.69) is 24.2 Å². The zero-order valence-electron chi connectivity index (χ0n) is 18.7. The van der Waals surface area contributed by atoms with Gasteiger partial charge in [-0.25, -0.2) is 4.68 Å². The fourth-order valence-corrected chi connectivity index (χ4v) is 3.94. The van der Waals surface area contributed by atoms with Gasteiger partial charge in [0.2, 0.25) is 5.91 Å². The van der Waals surface area contributed by atoms with Crippen LogP contribution in [0.1, 0.15) is 24.6 Å². The van der Waals surface area contributed by atoms with Gasteiger partial charge in [-0.2, -0.15) is 5.10 Å². The Hall–Kier alpha value is -3.67. The third-order valence-electron chi connectivity index (χ3n) is 5.63. The molecule has 0 aliphatic heterocycles. The highest BCUT2D eigenvalue weighted by atomic mass is 16.5. The van der Waals surface area contributed by atoms with Crippen molar-refractivity contribution in [1.82, 2.24) is 14.7 Å². The Labute approximate surface area is 187 Å². The highest BCUT2D eigenvalue weighted by molar-refractivity contribution is 5.90. The second-order valence-electron chi connectivity index (χ2n) is 7.96. The van der Waals surface area contributed by atoms with E-state index >= 15 is 0 Å². The summed E-state index contributed by atoms with van der Waals surface area (Å²) in [4.78, 5) is 27.3. The van der Waals surface area contributed by atoms with Crippen molar-refractivity contribution in [3.8, 4) is 5.75 Å². The number of aryl methyl sites for hydroxylation is 1. The highest BCUT2D eigenvalue weighted by Gasteiger charge is 2.18. The highest BCUT2D eigenvalue weighted by Crippen LogP contribution is 2.29. The summed E-state index contributed by atoms with van der Waals surface area (Å²) in [7, 11) is 3.40. The summed E-state index contributed by atoms with van der Waals surface area (Å²) in [6, 6.07) is 19.4. The number of hydrogen-bond donors (Lipinski definition) is 0. The van der Waals surface area contributed by atoms with Crippen molar-refractivity contribution in [3.63, 3.8) is 0 Å². The van der Waals surface area contributed by atoms with Crippen LogP contribution in [0.15, 0.2) is 65.5 Å². The van der Waals surface area contributed by atoms with Gasteiger partial charge < -0.3 is 9.64 Å². The van der Waals surface area contributed by atoms with Crippen LogP contribution in [-0.4, -0.2) is 34.2 Å². The Bertz CT molecular complexity index is 1340. The Morgan fingerprint density at radius 1 is 1.00 bits per heavy atom. The van der Waals surface area contributed by atoms with Gasteiger partial charge in [0.1, 0.15) is 5.75 Å². The molecule has 0 N–H and O–H groups in total. The number of amides is 1. The summed E-state index contributed by atoms with van der Waals surface area (Å²) in [5.74, 6) is 0.728. The van der Waals surface area contributed by atoms with Crippen molar-refractivity contribution in [2.75, 3.05) is 13.7 Å². The van der Waals surface area contributed by atoms with E-state index in [1.807, 2.05) is 42.5 Å². The van der Waals surface area contributed by atoms with Gasteiger partial charge in [-0.05, 0) is 29.3 Å². The summed E-state index contributed by atoms with van der Waals surface area (Å²) in [5, 5.41) is 7.84. The number of aromatic nitrogens is 2. The fourth-order valence-electron chi connectivity index (χ4n) is 3.94. The molecule has 0 spiro atoms. The van der Waals surface area contributed by atoms with E-state index in [9.17, 15) is 9.59 Å². The summed E-state index contributed by atoms with van der Waals surface area (Å²) >= 11 is 0. The van der Waals surface area contributed by atoms with Crippen LogP contribution in [0.3, 0.4) is 0 Å². The van der Waals surface area contributed by atoms with E-state index in [-0.39, 0.29) is 17.9 Å². The molecular formula is C26H27N3O3. The zero-order chi connectivity index (χ0) is 22.7. The largest absolute Gasteiger partial charge is 0.493 e. The van der Waals surface area contributed by atoms with E-state index in [0.717, 1.165) is 33.9 Å². The summed E-state index contributed by atoms with van der Waals surface area (Å²) in [6.45, 7) is 3.11. The molecule has 0 atom stereocenters. The lowest BCUT2D eigenvalue weighted by molar-refractivity contribution is -0.129. The summed E-state index contributed by atoms with van der Waals surface area (Å²) in [6.07, 6.45) is 1.02. The van der Waals surface area contributed by atoms with Gasteiger partial charge in [-0.3, -0.25) is 9.59 Å². The maximum Gasteiger partial charge on any atom is 0.274 e. The number of carbonyl (C=O) groups excluding carboxylic acids is 1. The van der Waals surface area contributed by atoms with Crippen molar-refractivity contribution >= 4 is 27.5 Å². The zero-order valence-corrected chi connectivity index (χ0v) is 18.7. The van der Waals surface area contributed by atoms with Crippen molar-refractivity contribution < 1.29 is 9.53 Å². The molecule has 1 amide bonds. The van der Waals surface area contributed by atoms with E-state index in [4.69, 9.17) is 4.74 Å². The molecule has 1 aromatic heterocycles. The minimum atomic E-state index is -0.168. The predicted octanol–water partition coefficient (Wildman–Crippen LogP) is 4.08. The first-order chi connectivity index (χ1) is 15.5. The number of benzene rings is 3. The van der Waals surface area contributed by atoms with E-state index in [1.54, 1.807) is 25.1 Å². The molecule has 0 aliphatic rings. The third kappa shape index (κ3) is 4.21. The molecule has 0 saturated heterocycles. The second kappa shape index (κ2) is 9.22. The fraction of sp³-hybridized carbons (Fsp3) is 0.269. The molecular weight excluding hydrogens is 402 g/mol. The predicted molar refractivity (Wildman–Crippen MR) is 127 cm³/mol. The normalized spacial score (nSPS) is 11.1. The topological polar surface area (TPSA) is 64.4 Å². The van der Waals surface area contributed by atoms with Crippen molar-refractivity contribution in [3.05, 3.63) is 82.3 Å². The van der Waals surface area contributed by atoms with Crippen molar-refractivity contribution in [2.45, 2.75) is 26.3 Å². The number of fused-ring (bicyclic) bond motifs is 2. The molecule has 0 saturated carbocycles. The molecule has 4 rings (SSSR count). The lowest BCUT2D eigenvalue weighted by Gasteiger charge is -2.21. The Morgan fingerprint density at radius 2 is 1.69 bits per heavy atom. The minimum absolute atomic E-state index is 0.0734. The first-order valence-corrected chi connectivity index (χ1v) is 10.8. The molecule has 0 fully saturated rings. The number of nitrogens with zero attached hydrogens (tertiary/aromatic N) is 3. The summed E-state index contributed by atoms with van der Waals surface area (Å²) in [5.41, 5.74) is 1.42. The molecule has 32 heavy (non-hydrogen) atoms. The molecule has 0 aliphatic carbocycles. The van der Waals surface area contributed by atoms with Crippen LogP contribution in [-0.2, 0) is 24.8 Å². The van der Waals surface area contributed by atoms with Crippen LogP contribution < -0.4 is 10.3 Å². The van der Waals surface area contributed by atoms with Gasteiger partial charge in [0, 0.05) is 31.6 Å². The van der Waals surface area contributed by atoms with Crippen LogP contribution in [0.5, 0.6) is 5.75 Å². The van der Waals surface area contributed by atoms with Crippen LogP contribution in [0.4, 0.5) is 0 Å². The Morgan fingerprint density at radius 3 is 2.44 bits per heavy atom. The van der Waals surface area contributed by atoms with E-state index in [1.165, 1.54) is 4.68 Å². The van der Waals surface area contributed by atoms with Crippen molar-refractivity contribution in [2.24, 2.45) is 7.05 Å². The molecule has 3 aromatic carbocycles. The quantitative estimate of drug-likeness (QED) is 0.444. The molecule has 1 heterocycles. The number of rotatable bonds is 7. The van der Waals surface area contributed by atoms with Crippen LogP contribution in [0, 0.1) is 0 Å². The van der Waals surface area contributed by atoms with Gasteiger partial charge in [0.15, 0.2) is 0 Å². The maximum atomic E-state index is 13.2. The molecule has 0 bridgehead atoms. The lowest BCUT2D eigenvalue weighted by atomic mass is 10.0. The van der Waals surface area contributed by atoms with E-state index in [0.29, 0.717) is 24.2 Å². The first kappa shape index (κ1) is 21.6. The van der Waals surface area contributed by atoms with Gasteiger partial charge >= 0.3 is 0 Å². The van der Waals surface area contributed by atoms with Crippen LogP contribution in [0.2, 0.25) is 0 Å². The van der Waals surface area contributed by atoms with Gasteiger partial charge in [-0.15, -0.1) is 0 Å². The third-order valence-corrected chi connectivity index (χ3v) is 5.63. The molecule has 0 radical (unpaired) electrons. The Balaban J connectivity index is 1.64. The van der Waals surface area contributed by atoms with E-state index < -0.39 is 0 Å². The van der Waals surface area contributed by atoms with Crippen molar-refractivity contribution in [1.29, 1.82) is 0 Å². The number of ether oxygens (including phenoxy) is 1. The summed E-state index contributed by atoms with van der Waals surface area (Å²) < 4.78 is 7.29. The second-order valence-corrected chi connectivity index (χ2v) is 7.96. The van der Waals surface area contributed by atoms with Gasteiger partial charge in [-0.1, -0.05) is 55.5 Å². The number of hydrogen-bond acceptors (Lipinski definition) is 4. The molecule has 4 aromatic rings. The number of likely N-dealkylation sites (N-methyl/N-ethyl adjacent to an activating group) is 1. The maximum absolute atomic E-state index is 13.2. The minimum Gasteiger partial charge on any atom is -0.493 e. The van der Waals surface area contributed by atoms with Crippen LogP contribution in [0.25, 0.3) is 21.5 Å². The average Bonchev–Trinajstić information content (AvgIpc) is 2.81. The molecule has 0 unspecified atom stereocenters. The monoisotopic (exact) mass is 429 g/mol. The number of carbonyl (C=O) groups is 1. The van der Waals surface area contributed by atoms with Crippen LogP contribution >= 0.6 is 0 Å².